The maximum Gasteiger partial charge on any atom is 0.534 e. The number of nitrogens with two attached hydrogens (primary N) is 1. The summed E-state index contributed by atoms with van der Waals surface area (Å²) in [4.78, 5) is 23.3. The molecule has 2 aromatic carbocycles. The molecule has 0 aromatic heterocycles. The number of benzene rings is 2. The zero-order chi connectivity index (χ0) is 18.8. The van der Waals surface area contributed by atoms with Crippen LogP contribution in [0, 0.1) is 0 Å². The van der Waals surface area contributed by atoms with E-state index in [2.05, 4.69) is 4.18 Å². The summed E-state index contributed by atoms with van der Waals surface area (Å²) >= 11 is 0. The summed E-state index contributed by atoms with van der Waals surface area (Å²) in [7, 11) is -5.84. The van der Waals surface area contributed by atoms with E-state index in [1.165, 1.54) is 36.4 Å². The number of rotatable bonds is 5. The number of carbonyl (C=O) groups excluding carboxylic acids is 2. The molecule has 2 N–H and O–H groups in total. The van der Waals surface area contributed by atoms with Gasteiger partial charge in [0.2, 0.25) is 5.91 Å². The Labute approximate surface area is 140 Å². The first kappa shape index (κ1) is 18.5. The van der Waals surface area contributed by atoms with Gasteiger partial charge in [-0.3, -0.25) is 9.59 Å². The van der Waals surface area contributed by atoms with Gasteiger partial charge in [0, 0.05) is 16.7 Å². The van der Waals surface area contributed by atoms with Crippen molar-refractivity contribution in [3.8, 4) is 5.75 Å². The van der Waals surface area contributed by atoms with Crippen LogP contribution in [0.3, 0.4) is 0 Å². The molecule has 0 saturated carbocycles. The van der Waals surface area contributed by atoms with E-state index in [4.69, 9.17) is 5.73 Å². The van der Waals surface area contributed by atoms with E-state index in [1.54, 1.807) is 0 Å². The molecule has 6 nitrogen and oxygen atoms in total. The largest absolute Gasteiger partial charge is 0.534 e. The quantitative estimate of drug-likeness (QED) is 0.492. The summed E-state index contributed by atoms with van der Waals surface area (Å²) in [6.07, 6.45) is 0. The van der Waals surface area contributed by atoms with Gasteiger partial charge in [-0.15, -0.1) is 0 Å². The van der Waals surface area contributed by atoms with E-state index in [-0.39, 0.29) is 16.7 Å². The zero-order valence-corrected chi connectivity index (χ0v) is 13.1. The van der Waals surface area contributed by atoms with Gasteiger partial charge in [0.25, 0.3) is 0 Å². The first-order chi connectivity index (χ1) is 11.5. The number of amides is 1. The van der Waals surface area contributed by atoms with Crippen molar-refractivity contribution in [2.24, 2.45) is 5.73 Å². The van der Waals surface area contributed by atoms with E-state index in [0.29, 0.717) is 0 Å². The van der Waals surface area contributed by atoms with Crippen LogP contribution < -0.4 is 9.92 Å². The minimum atomic E-state index is -5.84. The van der Waals surface area contributed by atoms with Gasteiger partial charge in [-0.1, -0.05) is 24.3 Å². The van der Waals surface area contributed by atoms with Gasteiger partial charge in [0.05, 0.1) is 0 Å². The zero-order valence-electron chi connectivity index (χ0n) is 12.3. The highest BCUT2D eigenvalue weighted by Crippen LogP contribution is 2.27. The highest BCUT2D eigenvalue weighted by atomic mass is 32.2. The van der Waals surface area contributed by atoms with Gasteiger partial charge in [-0.05, 0) is 24.3 Å². The Morgan fingerprint density at radius 3 is 2.00 bits per heavy atom. The summed E-state index contributed by atoms with van der Waals surface area (Å²) in [6.45, 7) is 0. The van der Waals surface area contributed by atoms with Gasteiger partial charge < -0.3 is 9.92 Å². The Morgan fingerprint density at radius 1 is 0.920 bits per heavy atom. The number of hydrogen-bond donors (Lipinski definition) is 1. The van der Waals surface area contributed by atoms with Crippen molar-refractivity contribution in [2.75, 3.05) is 0 Å². The highest BCUT2D eigenvalue weighted by molar-refractivity contribution is 7.88. The van der Waals surface area contributed by atoms with Crippen molar-refractivity contribution < 1.29 is 35.4 Å². The lowest BCUT2D eigenvalue weighted by Crippen LogP contribution is -2.28. The van der Waals surface area contributed by atoms with Crippen LogP contribution in [-0.4, -0.2) is 25.6 Å². The fraction of sp³-hybridized carbons (Fsp3) is 0.0667. The minimum Gasteiger partial charge on any atom is -0.376 e. The maximum atomic E-state index is 12.3. The molecule has 2 rings (SSSR count). The molecular weight excluding hydrogens is 363 g/mol. The van der Waals surface area contributed by atoms with Crippen molar-refractivity contribution in [1.82, 2.24) is 0 Å². The molecule has 0 fully saturated rings. The monoisotopic (exact) mass is 373 g/mol. The van der Waals surface area contributed by atoms with Crippen LogP contribution in [0.25, 0.3) is 0 Å². The van der Waals surface area contributed by atoms with Gasteiger partial charge in [-0.2, -0.15) is 21.6 Å². The number of carbonyl (C=O) groups is 2. The second-order valence-corrected chi connectivity index (χ2v) is 6.32. The molecule has 0 atom stereocenters. The Morgan fingerprint density at radius 2 is 1.48 bits per heavy atom. The van der Waals surface area contributed by atoms with Crippen LogP contribution in [0.15, 0.2) is 48.5 Å². The van der Waals surface area contributed by atoms with Crippen LogP contribution in [-0.2, 0) is 10.1 Å². The molecule has 0 aliphatic heterocycles. The smallest absolute Gasteiger partial charge is 0.376 e. The number of halogens is 3. The summed E-state index contributed by atoms with van der Waals surface area (Å²) in [5, 5.41) is 0. The molecule has 2 aromatic rings. The third-order valence-electron chi connectivity index (χ3n) is 3.02. The topological polar surface area (TPSA) is 104 Å². The number of alkyl halides is 3. The third-order valence-corrected chi connectivity index (χ3v) is 4.00. The molecule has 0 aliphatic carbocycles. The average molecular weight is 373 g/mol. The normalized spacial score (nSPS) is 11.8. The number of primary amides is 1. The van der Waals surface area contributed by atoms with Crippen LogP contribution in [0.5, 0.6) is 5.75 Å². The van der Waals surface area contributed by atoms with E-state index < -0.39 is 33.1 Å². The van der Waals surface area contributed by atoms with E-state index >= 15 is 0 Å². The summed E-state index contributed by atoms with van der Waals surface area (Å²) in [5.41, 5.74) is -0.309. The predicted octanol–water partition coefficient (Wildman–Crippen LogP) is 2.24. The SMILES string of the molecule is NC(=O)c1ccc(C(=O)c2cccc(OS(=O)(=O)C(F)(F)F)c2)cc1. The summed E-state index contributed by atoms with van der Waals surface area (Å²) < 4.78 is 63.0. The van der Waals surface area contributed by atoms with Crippen LogP contribution in [0.1, 0.15) is 26.3 Å². The Bertz CT molecular complexity index is 921. The fourth-order valence-electron chi connectivity index (χ4n) is 1.82. The standard InChI is InChI=1S/C15H10F3NO5S/c16-15(17,18)25(22,23)24-12-3-1-2-11(8-12)13(20)9-4-6-10(7-5-9)14(19)21/h1-8H,(H2,19,21). The van der Waals surface area contributed by atoms with E-state index in [0.717, 1.165) is 12.1 Å². The Kier molecular flexibility index (Phi) is 4.84. The molecule has 0 aliphatic rings. The lowest BCUT2D eigenvalue weighted by Gasteiger charge is -2.10. The number of hydrogen-bond acceptors (Lipinski definition) is 5. The van der Waals surface area contributed by atoms with Crippen molar-refractivity contribution >= 4 is 21.8 Å². The Balaban J connectivity index is 2.29. The minimum absolute atomic E-state index is 0.0956. The van der Waals surface area contributed by atoms with Gasteiger partial charge in [0.1, 0.15) is 5.75 Å². The van der Waals surface area contributed by atoms with Crippen molar-refractivity contribution in [1.29, 1.82) is 0 Å². The van der Waals surface area contributed by atoms with Gasteiger partial charge in [0.15, 0.2) is 5.78 Å². The second kappa shape index (κ2) is 6.55. The molecule has 10 heteroatoms. The van der Waals surface area contributed by atoms with Crippen LogP contribution in [0.2, 0.25) is 0 Å². The van der Waals surface area contributed by atoms with Gasteiger partial charge in [-0.25, -0.2) is 0 Å². The highest BCUT2D eigenvalue weighted by Gasteiger charge is 2.48. The molecule has 0 heterocycles. The lowest BCUT2D eigenvalue weighted by molar-refractivity contribution is -0.0500. The average Bonchev–Trinajstić information content (AvgIpc) is 2.53. The number of ketones is 1. The summed E-state index contributed by atoms with van der Waals surface area (Å²) in [5.74, 6) is -1.95. The van der Waals surface area contributed by atoms with Gasteiger partial charge >= 0.3 is 15.6 Å². The molecule has 0 unspecified atom stereocenters. The predicted molar refractivity (Wildman–Crippen MR) is 80.4 cm³/mol. The molecule has 1 amide bonds. The molecule has 0 saturated heterocycles. The molecule has 0 radical (unpaired) electrons. The summed E-state index contributed by atoms with van der Waals surface area (Å²) in [6, 6.07) is 9.52. The van der Waals surface area contributed by atoms with Crippen LogP contribution in [0.4, 0.5) is 13.2 Å². The Hall–Kier alpha value is -2.88. The molecule has 25 heavy (non-hydrogen) atoms. The second-order valence-electron chi connectivity index (χ2n) is 4.78. The fourth-order valence-corrected chi connectivity index (χ4v) is 2.27. The van der Waals surface area contributed by atoms with Crippen LogP contribution >= 0.6 is 0 Å². The van der Waals surface area contributed by atoms with E-state index in [1.807, 2.05) is 0 Å². The first-order valence-electron chi connectivity index (χ1n) is 6.56. The molecular formula is C15H10F3NO5S. The lowest BCUT2D eigenvalue weighted by atomic mass is 10.0. The van der Waals surface area contributed by atoms with Crippen molar-refractivity contribution in [2.45, 2.75) is 5.51 Å². The molecule has 0 bridgehead atoms. The van der Waals surface area contributed by atoms with E-state index in [9.17, 15) is 31.2 Å². The van der Waals surface area contributed by atoms with Crippen molar-refractivity contribution in [3.63, 3.8) is 0 Å². The maximum absolute atomic E-state index is 12.3. The molecule has 132 valence electrons. The molecule has 0 spiro atoms. The third kappa shape index (κ3) is 4.15. The van der Waals surface area contributed by atoms with Crippen molar-refractivity contribution in [3.05, 3.63) is 65.2 Å². The first-order valence-corrected chi connectivity index (χ1v) is 7.97.